The van der Waals surface area contributed by atoms with Gasteiger partial charge in [0.1, 0.15) is 11.2 Å². The molecular formula is C39H29NO. The quantitative estimate of drug-likeness (QED) is 0.234. The Morgan fingerprint density at radius 3 is 2.02 bits per heavy atom. The lowest BCUT2D eigenvalue weighted by molar-refractivity contribution is 0.670. The van der Waals surface area contributed by atoms with Crippen molar-refractivity contribution in [1.29, 1.82) is 0 Å². The molecule has 41 heavy (non-hydrogen) atoms. The molecule has 7 rings (SSSR count). The van der Waals surface area contributed by atoms with E-state index in [1.165, 1.54) is 16.7 Å². The van der Waals surface area contributed by atoms with Crippen LogP contribution in [0.15, 0.2) is 156 Å². The van der Waals surface area contributed by atoms with E-state index >= 15 is 0 Å². The van der Waals surface area contributed by atoms with Crippen LogP contribution in [0.25, 0.3) is 61.0 Å². The molecule has 0 radical (unpaired) electrons. The molecule has 2 N–H and O–H groups in total. The summed E-state index contributed by atoms with van der Waals surface area (Å²) in [5, 5.41) is 2.28. The van der Waals surface area contributed by atoms with E-state index in [0.29, 0.717) is 0 Å². The molecule has 0 fully saturated rings. The van der Waals surface area contributed by atoms with Crippen LogP contribution in [0.4, 0.5) is 0 Å². The highest BCUT2D eigenvalue weighted by molar-refractivity contribution is 6.16. The summed E-state index contributed by atoms with van der Waals surface area (Å²) in [4.78, 5) is 0. The maximum absolute atomic E-state index is 6.54. The predicted octanol–water partition coefficient (Wildman–Crippen LogP) is 10.1. The number of benzene rings is 6. The first-order valence-electron chi connectivity index (χ1n) is 13.9. The van der Waals surface area contributed by atoms with Crippen molar-refractivity contribution in [1.82, 2.24) is 0 Å². The number of furan rings is 1. The fraction of sp³-hybridized carbons (Fsp3) is 0.0256. The zero-order valence-electron chi connectivity index (χ0n) is 22.6. The van der Waals surface area contributed by atoms with Gasteiger partial charge in [-0.2, -0.15) is 0 Å². The van der Waals surface area contributed by atoms with Gasteiger partial charge in [-0.25, -0.2) is 0 Å². The minimum Gasteiger partial charge on any atom is -0.455 e. The summed E-state index contributed by atoms with van der Waals surface area (Å²) in [6, 6.07) is 50.8. The van der Waals surface area contributed by atoms with Crippen molar-refractivity contribution in [3.05, 3.63) is 163 Å². The van der Waals surface area contributed by atoms with Crippen molar-refractivity contribution in [2.24, 2.45) is 5.73 Å². The zero-order valence-corrected chi connectivity index (χ0v) is 22.6. The highest BCUT2D eigenvalue weighted by Gasteiger charge is 2.17. The second kappa shape index (κ2) is 10.7. The van der Waals surface area contributed by atoms with Crippen molar-refractivity contribution >= 4 is 27.6 Å². The lowest BCUT2D eigenvalue weighted by atomic mass is 9.93. The van der Waals surface area contributed by atoms with E-state index in [4.69, 9.17) is 10.2 Å². The van der Waals surface area contributed by atoms with E-state index in [1.807, 2.05) is 18.2 Å². The number of fused-ring (bicyclic) bond motifs is 3. The standard InChI is InChI=1S/C39H29NO/c40-36(24-21-27-11-3-1-4-12-27)32-18-10-16-30(26-32)29-15-9-17-31(25-29)34-23-22-33(28-13-5-2-6-14-28)38-35-19-7-8-20-37(35)41-39(34)38/h1-20,22-26H,21,40H2/b36-24-. The third-order valence-electron chi connectivity index (χ3n) is 7.71. The molecule has 0 saturated heterocycles. The van der Waals surface area contributed by atoms with Crippen LogP contribution in [0.3, 0.4) is 0 Å². The van der Waals surface area contributed by atoms with Crippen molar-refractivity contribution in [3.63, 3.8) is 0 Å². The molecule has 0 aliphatic heterocycles. The molecule has 0 aliphatic rings. The third-order valence-corrected chi connectivity index (χ3v) is 7.71. The molecule has 1 aromatic heterocycles. The van der Waals surface area contributed by atoms with Crippen LogP contribution in [0.5, 0.6) is 0 Å². The first kappa shape index (κ1) is 24.7. The van der Waals surface area contributed by atoms with Crippen LogP contribution in [-0.4, -0.2) is 0 Å². The second-order valence-electron chi connectivity index (χ2n) is 10.3. The van der Waals surface area contributed by atoms with Crippen LogP contribution < -0.4 is 5.73 Å². The Bertz CT molecular complexity index is 2020. The fourth-order valence-corrected chi connectivity index (χ4v) is 5.62. The monoisotopic (exact) mass is 527 g/mol. The molecule has 0 amide bonds. The highest BCUT2D eigenvalue weighted by Crippen LogP contribution is 2.42. The minimum absolute atomic E-state index is 0.785. The van der Waals surface area contributed by atoms with E-state index in [-0.39, 0.29) is 0 Å². The SMILES string of the molecule is N/C(=C\Cc1ccccc1)c1cccc(-c2cccc(-c3ccc(-c4ccccc4)c4c3oc3ccccc34)c2)c1. The number of nitrogens with two attached hydrogens (primary N) is 1. The Labute approximate surface area is 240 Å². The molecular weight excluding hydrogens is 498 g/mol. The molecule has 2 heteroatoms. The van der Waals surface area contributed by atoms with Gasteiger partial charge in [-0.15, -0.1) is 0 Å². The largest absolute Gasteiger partial charge is 0.455 e. The minimum atomic E-state index is 0.785. The van der Waals surface area contributed by atoms with Crippen molar-refractivity contribution in [2.75, 3.05) is 0 Å². The van der Waals surface area contributed by atoms with Crippen LogP contribution in [0.1, 0.15) is 11.1 Å². The lowest BCUT2D eigenvalue weighted by Crippen LogP contribution is -1.97. The Kier molecular flexibility index (Phi) is 6.42. The predicted molar refractivity (Wildman–Crippen MR) is 172 cm³/mol. The molecule has 1 heterocycles. The Balaban J connectivity index is 1.29. The number of rotatable bonds is 6. The average molecular weight is 528 g/mol. The maximum Gasteiger partial charge on any atom is 0.143 e. The van der Waals surface area contributed by atoms with Gasteiger partial charge in [-0.1, -0.05) is 127 Å². The average Bonchev–Trinajstić information content (AvgIpc) is 3.44. The summed E-state index contributed by atoms with van der Waals surface area (Å²) in [6.07, 6.45) is 2.90. The third kappa shape index (κ3) is 4.81. The molecule has 0 unspecified atom stereocenters. The second-order valence-corrected chi connectivity index (χ2v) is 10.3. The smallest absolute Gasteiger partial charge is 0.143 e. The first-order chi connectivity index (χ1) is 20.2. The summed E-state index contributed by atoms with van der Waals surface area (Å²) >= 11 is 0. The van der Waals surface area contributed by atoms with E-state index < -0.39 is 0 Å². The van der Waals surface area contributed by atoms with Gasteiger partial charge in [0.2, 0.25) is 0 Å². The van der Waals surface area contributed by atoms with Gasteiger partial charge in [0.15, 0.2) is 0 Å². The van der Waals surface area contributed by atoms with Crippen LogP contribution in [-0.2, 0) is 6.42 Å². The zero-order chi connectivity index (χ0) is 27.6. The van der Waals surface area contributed by atoms with Crippen molar-refractivity contribution in [2.45, 2.75) is 6.42 Å². The maximum atomic E-state index is 6.54. The van der Waals surface area contributed by atoms with Crippen LogP contribution >= 0.6 is 0 Å². The van der Waals surface area contributed by atoms with E-state index in [0.717, 1.165) is 61.9 Å². The number of hydrogen-bond acceptors (Lipinski definition) is 2. The lowest BCUT2D eigenvalue weighted by Gasteiger charge is -2.11. The molecule has 0 aliphatic carbocycles. The van der Waals surface area contributed by atoms with Gasteiger partial charge in [0, 0.05) is 22.0 Å². The molecule has 0 bridgehead atoms. The molecule has 2 nitrogen and oxygen atoms in total. The summed E-state index contributed by atoms with van der Waals surface area (Å²) < 4.78 is 6.54. The van der Waals surface area contributed by atoms with Crippen molar-refractivity contribution < 1.29 is 4.42 Å². The molecule has 0 atom stereocenters. The summed E-state index contributed by atoms with van der Waals surface area (Å²) in [7, 11) is 0. The molecule has 196 valence electrons. The van der Waals surface area contributed by atoms with Crippen LogP contribution in [0, 0.1) is 0 Å². The Morgan fingerprint density at radius 2 is 1.20 bits per heavy atom. The summed E-state index contributed by atoms with van der Waals surface area (Å²) in [5.41, 5.74) is 18.2. The van der Waals surface area contributed by atoms with E-state index in [9.17, 15) is 0 Å². The van der Waals surface area contributed by atoms with Gasteiger partial charge >= 0.3 is 0 Å². The number of allylic oxidation sites excluding steroid dienone is 1. The molecule has 0 saturated carbocycles. The summed E-state index contributed by atoms with van der Waals surface area (Å²) in [6.45, 7) is 0. The molecule has 6 aromatic carbocycles. The van der Waals surface area contributed by atoms with Crippen LogP contribution in [0.2, 0.25) is 0 Å². The fourth-order valence-electron chi connectivity index (χ4n) is 5.62. The highest BCUT2D eigenvalue weighted by atomic mass is 16.3. The normalized spacial score (nSPS) is 11.8. The first-order valence-corrected chi connectivity index (χ1v) is 13.9. The molecule has 0 spiro atoms. The number of para-hydroxylation sites is 1. The Morgan fingerprint density at radius 1 is 0.561 bits per heavy atom. The molecule has 7 aromatic rings. The van der Waals surface area contributed by atoms with Gasteiger partial charge in [0.25, 0.3) is 0 Å². The number of hydrogen-bond donors (Lipinski definition) is 1. The van der Waals surface area contributed by atoms with Gasteiger partial charge in [0.05, 0.1) is 0 Å². The summed E-state index contributed by atoms with van der Waals surface area (Å²) in [5.74, 6) is 0. The van der Waals surface area contributed by atoms with E-state index in [1.54, 1.807) is 0 Å². The Hall–Kier alpha value is -5.34. The van der Waals surface area contributed by atoms with Gasteiger partial charge in [-0.05, 0) is 69.6 Å². The topological polar surface area (TPSA) is 39.2 Å². The van der Waals surface area contributed by atoms with Gasteiger partial charge < -0.3 is 10.2 Å². The van der Waals surface area contributed by atoms with E-state index in [2.05, 4.69) is 133 Å². The van der Waals surface area contributed by atoms with Crippen molar-refractivity contribution in [3.8, 4) is 33.4 Å². The van der Waals surface area contributed by atoms with Gasteiger partial charge in [-0.3, -0.25) is 0 Å².